The summed E-state index contributed by atoms with van der Waals surface area (Å²) in [5.41, 5.74) is 0.375. The van der Waals surface area contributed by atoms with E-state index in [2.05, 4.69) is 4.72 Å². The second-order valence-electron chi connectivity index (χ2n) is 4.02. The number of sulfonamides is 1. The Bertz CT molecular complexity index is 700. The monoisotopic (exact) mass is 292 g/mol. The first-order chi connectivity index (χ1) is 9.53. The highest BCUT2D eigenvalue weighted by atomic mass is 32.2. The van der Waals surface area contributed by atoms with Gasteiger partial charge in [-0.25, -0.2) is 13.1 Å². The first kappa shape index (κ1) is 14.3. The fourth-order valence-electron chi connectivity index (χ4n) is 1.56. The molecular formula is C13H12N2O4S. The van der Waals surface area contributed by atoms with Gasteiger partial charge in [0.2, 0.25) is 10.0 Å². The standard InChI is InChI=1S/C13H12N2O4S/c14-8-10-3-5-11(6-4-10)20(17,18)15-9-12(16)13-2-1-7-19-13/h1-7,12,15-16H,9H2. The number of benzene rings is 1. The lowest BCUT2D eigenvalue weighted by Gasteiger charge is -2.10. The molecule has 1 unspecified atom stereocenters. The van der Waals surface area contributed by atoms with Crippen LogP contribution in [0.4, 0.5) is 0 Å². The summed E-state index contributed by atoms with van der Waals surface area (Å²) >= 11 is 0. The molecule has 0 saturated carbocycles. The fourth-order valence-corrected chi connectivity index (χ4v) is 2.60. The zero-order valence-corrected chi connectivity index (χ0v) is 11.2. The van der Waals surface area contributed by atoms with E-state index in [0.29, 0.717) is 5.56 Å². The highest BCUT2D eigenvalue weighted by Gasteiger charge is 2.17. The van der Waals surface area contributed by atoms with Crippen LogP contribution in [0, 0.1) is 11.3 Å². The maximum absolute atomic E-state index is 12.0. The molecule has 2 rings (SSSR count). The topological polar surface area (TPSA) is 103 Å². The lowest BCUT2D eigenvalue weighted by molar-refractivity contribution is 0.154. The number of aliphatic hydroxyl groups is 1. The van der Waals surface area contributed by atoms with Crippen LogP contribution in [0.5, 0.6) is 0 Å². The molecule has 20 heavy (non-hydrogen) atoms. The molecule has 1 aromatic heterocycles. The molecule has 0 radical (unpaired) electrons. The van der Waals surface area contributed by atoms with Crippen LogP contribution in [0.2, 0.25) is 0 Å². The first-order valence-electron chi connectivity index (χ1n) is 5.74. The third kappa shape index (κ3) is 3.24. The van der Waals surface area contributed by atoms with Crippen LogP contribution in [0.3, 0.4) is 0 Å². The molecule has 0 aliphatic carbocycles. The molecule has 0 bridgehead atoms. The Hall–Kier alpha value is -2.14. The van der Waals surface area contributed by atoms with Crippen molar-refractivity contribution in [2.75, 3.05) is 6.54 Å². The summed E-state index contributed by atoms with van der Waals surface area (Å²) in [6, 6.07) is 10.6. The Morgan fingerprint density at radius 1 is 1.30 bits per heavy atom. The summed E-state index contributed by atoms with van der Waals surface area (Å²) in [5.74, 6) is 0.285. The largest absolute Gasteiger partial charge is 0.467 e. The van der Waals surface area contributed by atoms with Crippen LogP contribution in [-0.2, 0) is 10.0 Å². The lowest BCUT2D eigenvalue weighted by Crippen LogP contribution is -2.28. The normalized spacial score (nSPS) is 12.8. The smallest absolute Gasteiger partial charge is 0.240 e. The zero-order valence-electron chi connectivity index (χ0n) is 10.4. The van der Waals surface area contributed by atoms with Crippen LogP contribution >= 0.6 is 0 Å². The molecule has 1 aromatic carbocycles. The number of hydrogen-bond acceptors (Lipinski definition) is 5. The maximum Gasteiger partial charge on any atom is 0.240 e. The number of rotatable bonds is 5. The van der Waals surface area contributed by atoms with Crippen LogP contribution in [0.15, 0.2) is 52.0 Å². The third-order valence-electron chi connectivity index (χ3n) is 2.63. The Kier molecular flexibility index (Phi) is 4.20. The molecule has 1 heterocycles. The van der Waals surface area contributed by atoms with Gasteiger partial charge in [0.1, 0.15) is 11.9 Å². The van der Waals surface area contributed by atoms with Gasteiger partial charge in [-0.15, -0.1) is 0 Å². The fraction of sp³-hybridized carbons (Fsp3) is 0.154. The molecule has 0 saturated heterocycles. The van der Waals surface area contributed by atoms with Gasteiger partial charge in [0.05, 0.1) is 22.8 Å². The van der Waals surface area contributed by atoms with Crippen LogP contribution in [-0.4, -0.2) is 20.1 Å². The quantitative estimate of drug-likeness (QED) is 0.860. The van der Waals surface area contributed by atoms with E-state index in [9.17, 15) is 13.5 Å². The van der Waals surface area contributed by atoms with E-state index >= 15 is 0 Å². The molecule has 0 amide bonds. The summed E-state index contributed by atoms with van der Waals surface area (Å²) in [4.78, 5) is 0.0307. The molecule has 2 N–H and O–H groups in total. The van der Waals surface area contributed by atoms with Gasteiger partial charge >= 0.3 is 0 Å². The Morgan fingerprint density at radius 2 is 2.00 bits per heavy atom. The summed E-state index contributed by atoms with van der Waals surface area (Å²) in [7, 11) is -3.73. The zero-order chi connectivity index (χ0) is 14.6. The molecule has 2 aromatic rings. The number of nitrogens with zero attached hydrogens (tertiary/aromatic N) is 1. The van der Waals surface area contributed by atoms with E-state index in [1.54, 1.807) is 12.1 Å². The molecule has 6 nitrogen and oxygen atoms in total. The minimum absolute atomic E-state index is 0.0307. The Morgan fingerprint density at radius 3 is 2.55 bits per heavy atom. The highest BCUT2D eigenvalue weighted by molar-refractivity contribution is 7.89. The SMILES string of the molecule is N#Cc1ccc(S(=O)(=O)NCC(O)c2ccco2)cc1. The van der Waals surface area contributed by atoms with Crippen molar-refractivity contribution in [1.82, 2.24) is 4.72 Å². The number of hydrogen-bond donors (Lipinski definition) is 2. The van der Waals surface area contributed by atoms with Gasteiger partial charge in [-0.3, -0.25) is 0 Å². The summed E-state index contributed by atoms with van der Waals surface area (Å²) in [6.07, 6.45) is 0.339. The average molecular weight is 292 g/mol. The third-order valence-corrected chi connectivity index (χ3v) is 4.07. The molecule has 0 aliphatic heterocycles. The van der Waals surface area contributed by atoms with Crippen molar-refractivity contribution in [2.24, 2.45) is 0 Å². The van der Waals surface area contributed by atoms with Crippen LogP contribution in [0.1, 0.15) is 17.4 Å². The molecule has 0 fully saturated rings. The van der Waals surface area contributed by atoms with Gasteiger partial charge in [0.25, 0.3) is 0 Å². The first-order valence-corrected chi connectivity index (χ1v) is 7.22. The molecule has 0 aliphatic rings. The van der Waals surface area contributed by atoms with Gasteiger partial charge in [0.15, 0.2) is 0 Å². The molecule has 1 atom stereocenters. The summed E-state index contributed by atoms with van der Waals surface area (Å²) < 4.78 is 31.2. The van der Waals surface area contributed by atoms with E-state index in [0.717, 1.165) is 0 Å². The maximum atomic E-state index is 12.0. The van der Waals surface area contributed by atoms with Crippen LogP contribution < -0.4 is 4.72 Å². The van der Waals surface area contributed by atoms with E-state index < -0.39 is 16.1 Å². The molecule has 7 heteroatoms. The second-order valence-corrected chi connectivity index (χ2v) is 5.79. The van der Waals surface area contributed by atoms with Crippen molar-refractivity contribution in [3.8, 4) is 6.07 Å². The lowest BCUT2D eigenvalue weighted by atomic mass is 10.2. The van der Waals surface area contributed by atoms with Crippen LogP contribution in [0.25, 0.3) is 0 Å². The highest BCUT2D eigenvalue weighted by Crippen LogP contribution is 2.14. The van der Waals surface area contributed by atoms with E-state index in [1.807, 2.05) is 6.07 Å². The van der Waals surface area contributed by atoms with E-state index in [-0.39, 0.29) is 17.2 Å². The van der Waals surface area contributed by atoms with Crippen molar-refractivity contribution in [2.45, 2.75) is 11.0 Å². The van der Waals surface area contributed by atoms with Gasteiger partial charge in [-0.2, -0.15) is 5.26 Å². The summed E-state index contributed by atoms with van der Waals surface area (Å²) in [5, 5.41) is 18.4. The van der Waals surface area contributed by atoms with Gasteiger partial charge < -0.3 is 9.52 Å². The average Bonchev–Trinajstić information content (AvgIpc) is 2.99. The predicted molar refractivity (Wildman–Crippen MR) is 70.0 cm³/mol. The van der Waals surface area contributed by atoms with Crippen molar-refractivity contribution in [3.63, 3.8) is 0 Å². The van der Waals surface area contributed by atoms with Gasteiger partial charge in [-0.05, 0) is 36.4 Å². The van der Waals surface area contributed by atoms with Crippen molar-refractivity contribution in [1.29, 1.82) is 5.26 Å². The minimum atomic E-state index is -3.73. The van der Waals surface area contributed by atoms with Crippen molar-refractivity contribution < 1.29 is 17.9 Å². The Labute approximate surface area is 116 Å². The van der Waals surface area contributed by atoms with Gasteiger partial charge in [0, 0.05) is 6.54 Å². The molecule has 104 valence electrons. The molecule has 0 spiro atoms. The number of aliphatic hydroxyl groups excluding tert-OH is 1. The number of nitrogens with one attached hydrogen (secondary N) is 1. The second kappa shape index (κ2) is 5.88. The van der Waals surface area contributed by atoms with E-state index in [1.165, 1.54) is 30.5 Å². The number of nitriles is 1. The van der Waals surface area contributed by atoms with Gasteiger partial charge in [-0.1, -0.05) is 0 Å². The minimum Gasteiger partial charge on any atom is -0.467 e. The number of furan rings is 1. The summed E-state index contributed by atoms with van der Waals surface area (Å²) in [6.45, 7) is -0.199. The van der Waals surface area contributed by atoms with E-state index in [4.69, 9.17) is 9.68 Å². The Balaban J connectivity index is 2.05. The van der Waals surface area contributed by atoms with Crippen molar-refractivity contribution >= 4 is 10.0 Å². The van der Waals surface area contributed by atoms with Crippen molar-refractivity contribution in [3.05, 3.63) is 54.0 Å². The molecular weight excluding hydrogens is 280 g/mol. The predicted octanol–water partition coefficient (Wildman–Crippen LogP) is 1.16.